The minimum absolute atomic E-state index is 0.102. The first-order valence-electron chi connectivity index (χ1n) is 8.42. The van der Waals surface area contributed by atoms with E-state index in [4.69, 9.17) is 14.2 Å². The van der Waals surface area contributed by atoms with Crippen LogP contribution in [-0.4, -0.2) is 57.7 Å². The van der Waals surface area contributed by atoms with Crippen molar-refractivity contribution in [1.82, 2.24) is 10.2 Å². The number of nitrogens with one attached hydrogen (secondary N) is 1. The second kappa shape index (κ2) is 9.15. The molecule has 0 aromatic heterocycles. The van der Waals surface area contributed by atoms with E-state index < -0.39 is 0 Å². The lowest BCUT2D eigenvalue weighted by Crippen LogP contribution is -2.33. The Labute approximate surface area is 148 Å². The van der Waals surface area contributed by atoms with Crippen molar-refractivity contribution in [1.29, 1.82) is 0 Å². The first-order valence-corrected chi connectivity index (χ1v) is 8.42. The maximum Gasteiger partial charge on any atom is 0.224 e. The van der Waals surface area contributed by atoms with Gasteiger partial charge in [-0.1, -0.05) is 0 Å². The molecule has 0 unspecified atom stereocenters. The van der Waals surface area contributed by atoms with Crippen molar-refractivity contribution >= 4 is 11.8 Å². The van der Waals surface area contributed by atoms with Gasteiger partial charge in [0.1, 0.15) is 0 Å². The second-order valence-corrected chi connectivity index (χ2v) is 5.90. The lowest BCUT2D eigenvalue weighted by Gasteiger charge is -2.15. The van der Waals surface area contributed by atoms with Gasteiger partial charge in [0.25, 0.3) is 0 Å². The summed E-state index contributed by atoms with van der Waals surface area (Å²) in [5.41, 5.74) is 0.748. The van der Waals surface area contributed by atoms with E-state index >= 15 is 0 Å². The van der Waals surface area contributed by atoms with E-state index in [0.717, 1.165) is 31.5 Å². The molecule has 25 heavy (non-hydrogen) atoms. The molecule has 1 aromatic rings. The number of ether oxygens (including phenoxy) is 3. The number of carbonyl (C=O) groups is 2. The van der Waals surface area contributed by atoms with Crippen LogP contribution in [0.15, 0.2) is 12.1 Å². The largest absolute Gasteiger partial charge is 0.493 e. The molecule has 2 rings (SSSR count). The number of methoxy groups -OCH3 is 3. The number of nitrogens with zero attached hydrogens (tertiary/aromatic N) is 1. The zero-order chi connectivity index (χ0) is 18.2. The third-order valence-electron chi connectivity index (χ3n) is 4.21. The molecule has 1 fully saturated rings. The van der Waals surface area contributed by atoms with Gasteiger partial charge in [-0.25, -0.2) is 0 Å². The van der Waals surface area contributed by atoms with Crippen LogP contribution in [0.2, 0.25) is 0 Å². The van der Waals surface area contributed by atoms with Gasteiger partial charge in [-0.2, -0.15) is 0 Å². The van der Waals surface area contributed by atoms with Crippen molar-refractivity contribution in [3.05, 3.63) is 17.7 Å². The Morgan fingerprint density at radius 3 is 2.16 bits per heavy atom. The number of hydrogen-bond acceptors (Lipinski definition) is 5. The minimum atomic E-state index is -0.150. The predicted molar refractivity (Wildman–Crippen MR) is 93.2 cm³/mol. The van der Waals surface area contributed by atoms with Crippen molar-refractivity contribution in [2.45, 2.75) is 25.7 Å². The molecule has 1 heterocycles. The highest BCUT2D eigenvalue weighted by molar-refractivity contribution is 5.81. The molecule has 1 aliphatic heterocycles. The monoisotopic (exact) mass is 350 g/mol. The van der Waals surface area contributed by atoms with E-state index in [1.807, 2.05) is 4.90 Å². The van der Waals surface area contributed by atoms with E-state index in [-0.39, 0.29) is 18.2 Å². The zero-order valence-electron chi connectivity index (χ0n) is 15.1. The summed E-state index contributed by atoms with van der Waals surface area (Å²) in [6.07, 6.45) is 2.65. The van der Waals surface area contributed by atoms with E-state index in [0.29, 0.717) is 30.2 Å². The van der Waals surface area contributed by atoms with Crippen LogP contribution in [0, 0.1) is 0 Å². The van der Waals surface area contributed by atoms with Crippen LogP contribution >= 0.6 is 0 Å². The lowest BCUT2D eigenvalue weighted by molar-refractivity contribution is -0.130. The van der Waals surface area contributed by atoms with E-state index in [1.165, 1.54) is 21.3 Å². The van der Waals surface area contributed by atoms with Crippen molar-refractivity contribution in [2.75, 3.05) is 41.0 Å². The predicted octanol–water partition coefficient (Wildman–Crippen LogP) is 1.38. The number of amides is 2. The summed E-state index contributed by atoms with van der Waals surface area (Å²) in [5, 5.41) is 2.79. The standard InChI is InChI=1S/C18H26N2O5/c1-23-14-10-13(11-15(24-2)18(14)25-3)12-16(21)19-7-6-17(22)20-8-4-5-9-20/h10-11H,4-9,12H2,1-3H3,(H,19,21). The molecule has 1 aliphatic rings. The SMILES string of the molecule is COc1cc(CC(=O)NCCC(=O)N2CCCC2)cc(OC)c1OC. The van der Waals surface area contributed by atoms with Gasteiger partial charge in [0.2, 0.25) is 17.6 Å². The van der Waals surface area contributed by atoms with Gasteiger partial charge in [0.05, 0.1) is 27.8 Å². The van der Waals surface area contributed by atoms with Crippen LogP contribution in [0.4, 0.5) is 0 Å². The third-order valence-corrected chi connectivity index (χ3v) is 4.21. The fourth-order valence-electron chi connectivity index (χ4n) is 2.92. The molecule has 0 aliphatic carbocycles. The van der Waals surface area contributed by atoms with Crippen LogP contribution in [0.25, 0.3) is 0 Å². The molecule has 0 bridgehead atoms. The summed E-state index contributed by atoms with van der Waals surface area (Å²) in [6, 6.07) is 3.49. The molecule has 0 spiro atoms. The molecule has 1 saturated heterocycles. The smallest absolute Gasteiger partial charge is 0.224 e. The summed E-state index contributed by atoms with van der Waals surface area (Å²) in [6.45, 7) is 2.01. The number of carbonyl (C=O) groups excluding carboxylic acids is 2. The first-order chi connectivity index (χ1) is 12.1. The Morgan fingerprint density at radius 2 is 1.64 bits per heavy atom. The zero-order valence-corrected chi connectivity index (χ0v) is 15.1. The summed E-state index contributed by atoms with van der Waals surface area (Å²) in [4.78, 5) is 25.9. The van der Waals surface area contributed by atoms with Gasteiger partial charge in [0.15, 0.2) is 11.5 Å². The topological polar surface area (TPSA) is 77.1 Å². The van der Waals surface area contributed by atoms with E-state index in [2.05, 4.69) is 5.32 Å². The maximum atomic E-state index is 12.1. The number of hydrogen-bond donors (Lipinski definition) is 1. The molecule has 0 radical (unpaired) electrons. The van der Waals surface area contributed by atoms with Crippen LogP contribution in [-0.2, 0) is 16.0 Å². The van der Waals surface area contributed by atoms with Crippen LogP contribution < -0.4 is 19.5 Å². The van der Waals surface area contributed by atoms with Crippen LogP contribution in [0.3, 0.4) is 0 Å². The summed E-state index contributed by atoms with van der Waals surface area (Å²) in [5.74, 6) is 1.46. The van der Waals surface area contributed by atoms with Crippen LogP contribution in [0.1, 0.15) is 24.8 Å². The number of likely N-dealkylation sites (tertiary alicyclic amines) is 1. The van der Waals surface area contributed by atoms with Crippen molar-refractivity contribution in [3.8, 4) is 17.2 Å². The highest BCUT2D eigenvalue weighted by Gasteiger charge is 2.18. The summed E-state index contributed by atoms with van der Waals surface area (Å²) >= 11 is 0. The molecule has 7 nitrogen and oxygen atoms in total. The average molecular weight is 350 g/mol. The maximum absolute atomic E-state index is 12.1. The molecule has 7 heteroatoms. The van der Waals surface area contributed by atoms with Gasteiger partial charge in [-0.3, -0.25) is 9.59 Å². The minimum Gasteiger partial charge on any atom is -0.493 e. The lowest BCUT2D eigenvalue weighted by atomic mass is 10.1. The van der Waals surface area contributed by atoms with Crippen molar-refractivity contribution < 1.29 is 23.8 Å². The van der Waals surface area contributed by atoms with E-state index in [9.17, 15) is 9.59 Å². The molecule has 0 atom stereocenters. The normalized spacial score (nSPS) is 13.5. The summed E-state index contributed by atoms with van der Waals surface area (Å²) < 4.78 is 15.8. The molecule has 1 aromatic carbocycles. The molecule has 1 N–H and O–H groups in total. The Morgan fingerprint density at radius 1 is 1.04 bits per heavy atom. The fourth-order valence-corrected chi connectivity index (χ4v) is 2.92. The highest BCUT2D eigenvalue weighted by Crippen LogP contribution is 2.38. The van der Waals surface area contributed by atoms with Gasteiger partial charge < -0.3 is 24.4 Å². The van der Waals surface area contributed by atoms with Crippen LogP contribution in [0.5, 0.6) is 17.2 Å². The first kappa shape index (κ1) is 18.9. The number of rotatable bonds is 8. The Bertz CT molecular complexity index is 586. The van der Waals surface area contributed by atoms with Gasteiger partial charge in [-0.05, 0) is 30.5 Å². The molecule has 138 valence electrons. The van der Waals surface area contributed by atoms with Crippen molar-refractivity contribution in [2.24, 2.45) is 0 Å². The Kier molecular flexibility index (Phi) is 6.91. The molecule has 2 amide bonds. The van der Waals surface area contributed by atoms with E-state index in [1.54, 1.807) is 12.1 Å². The summed E-state index contributed by atoms with van der Waals surface area (Å²) in [7, 11) is 4.60. The highest BCUT2D eigenvalue weighted by atomic mass is 16.5. The van der Waals surface area contributed by atoms with Gasteiger partial charge in [-0.15, -0.1) is 0 Å². The van der Waals surface area contributed by atoms with Gasteiger partial charge >= 0.3 is 0 Å². The fraction of sp³-hybridized carbons (Fsp3) is 0.556. The average Bonchev–Trinajstić information content (AvgIpc) is 3.15. The second-order valence-electron chi connectivity index (χ2n) is 5.90. The molecular weight excluding hydrogens is 324 g/mol. The number of benzene rings is 1. The third kappa shape index (κ3) is 5.01. The van der Waals surface area contributed by atoms with Gasteiger partial charge in [0, 0.05) is 26.1 Å². The molecular formula is C18H26N2O5. The Hall–Kier alpha value is -2.44. The Balaban J connectivity index is 1.88. The quantitative estimate of drug-likeness (QED) is 0.766. The molecule has 0 saturated carbocycles. The van der Waals surface area contributed by atoms with Crippen molar-refractivity contribution in [3.63, 3.8) is 0 Å².